The smallest absolute Gasteiger partial charge is 0.241 e. The number of amides is 1. The van der Waals surface area contributed by atoms with Crippen molar-refractivity contribution in [3.63, 3.8) is 0 Å². The van der Waals surface area contributed by atoms with E-state index >= 15 is 0 Å². The molecule has 0 unspecified atom stereocenters. The van der Waals surface area contributed by atoms with Crippen molar-refractivity contribution in [1.29, 1.82) is 0 Å². The summed E-state index contributed by atoms with van der Waals surface area (Å²) in [6.45, 7) is 5.40. The first-order valence-corrected chi connectivity index (χ1v) is 7.71. The zero-order valence-corrected chi connectivity index (χ0v) is 12.9. The molecule has 0 bridgehead atoms. The van der Waals surface area contributed by atoms with E-state index in [1.807, 2.05) is 0 Å². The summed E-state index contributed by atoms with van der Waals surface area (Å²) in [6.07, 6.45) is 0. The van der Waals surface area contributed by atoms with Crippen molar-refractivity contribution >= 4 is 15.9 Å². The highest BCUT2D eigenvalue weighted by Crippen LogP contribution is 2.25. The average molecular weight is 300 g/mol. The number of sulfonamides is 1. The summed E-state index contributed by atoms with van der Waals surface area (Å²) in [4.78, 5) is 11.5. The number of ether oxygens (including phenoxy) is 1. The third-order valence-electron chi connectivity index (χ3n) is 2.78. The lowest BCUT2D eigenvalue weighted by Gasteiger charge is -2.12. The van der Waals surface area contributed by atoms with Gasteiger partial charge in [-0.2, -0.15) is 0 Å². The molecule has 0 aromatic heterocycles. The SMILES string of the molecule is CCNC(=O)CNS(=O)(=O)c1cc(C)c(OC)cc1C. The summed E-state index contributed by atoms with van der Waals surface area (Å²) in [5.41, 5.74) is 1.28. The van der Waals surface area contributed by atoms with Gasteiger partial charge < -0.3 is 10.1 Å². The second kappa shape index (κ2) is 6.71. The summed E-state index contributed by atoms with van der Waals surface area (Å²) < 4.78 is 31.8. The topological polar surface area (TPSA) is 84.5 Å². The number of hydrogen-bond donors (Lipinski definition) is 2. The van der Waals surface area contributed by atoms with Gasteiger partial charge in [0.1, 0.15) is 5.75 Å². The third-order valence-corrected chi connectivity index (χ3v) is 4.32. The third kappa shape index (κ3) is 3.94. The van der Waals surface area contributed by atoms with Crippen LogP contribution in [0.3, 0.4) is 0 Å². The van der Waals surface area contributed by atoms with Gasteiger partial charge in [-0.25, -0.2) is 13.1 Å². The minimum atomic E-state index is -3.72. The molecular weight excluding hydrogens is 280 g/mol. The minimum Gasteiger partial charge on any atom is -0.496 e. The molecule has 112 valence electrons. The molecule has 0 heterocycles. The number of nitrogens with one attached hydrogen (secondary N) is 2. The Bertz CT molecular complexity index is 597. The van der Waals surface area contributed by atoms with Crippen LogP contribution in [0, 0.1) is 13.8 Å². The van der Waals surface area contributed by atoms with Crippen LogP contribution in [0.4, 0.5) is 0 Å². The molecule has 1 aromatic carbocycles. The van der Waals surface area contributed by atoms with Gasteiger partial charge in [-0.15, -0.1) is 0 Å². The highest BCUT2D eigenvalue weighted by Gasteiger charge is 2.19. The Labute approximate surface area is 119 Å². The van der Waals surface area contributed by atoms with Gasteiger partial charge in [0.25, 0.3) is 0 Å². The van der Waals surface area contributed by atoms with Gasteiger partial charge in [0.2, 0.25) is 15.9 Å². The Balaban J connectivity index is 2.98. The Morgan fingerprint density at radius 3 is 2.45 bits per heavy atom. The second-order valence-electron chi connectivity index (χ2n) is 4.37. The molecule has 7 heteroatoms. The number of hydrogen-bond acceptors (Lipinski definition) is 4. The van der Waals surface area contributed by atoms with E-state index in [0.29, 0.717) is 17.9 Å². The molecule has 1 rings (SSSR count). The fraction of sp³-hybridized carbons (Fsp3) is 0.462. The van der Waals surface area contributed by atoms with Crippen molar-refractivity contribution < 1.29 is 17.9 Å². The highest BCUT2D eigenvalue weighted by atomic mass is 32.2. The van der Waals surface area contributed by atoms with Crippen LogP contribution in [0.5, 0.6) is 5.75 Å². The molecule has 2 N–H and O–H groups in total. The van der Waals surface area contributed by atoms with Crippen LogP contribution < -0.4 is 14.8 Å². The van der Waals surface area contributed by atoms with Crippen molar-refractivity contribution in [3.8, 4) is 5.75 Å². The lowest BCUT2D eigenvalue weighted by molar-refractivity contribution is -0.119. The fourth-order valence-electron chi connectivity index (χ4n) is 1.77. The van der Waals surface area contributed by atoms with E-state index in [0.717, 1.165) is 5.56 Å². The number of likely N-dealkylation sites (N-methyl/N-ethyl adjacent to an activating group) is 1. The van der Waals surface area contributed by atoms with Gasteiger partial charge in [-0.3, -0.25) is 4.79 Å². The Morgan fingerprint density at radius 2 is 1.90 bits per heavy atom. The van der Waals surface area contributed by atoms with Crippen molar-refractivity contribution in [3.05, 3.63) is 23.3 Å². The quantitative estimate of drug-likeness (QED) is 0.811. The number of rotatable bonds is 6. The first-order valence-electron chi connectivity index (χ1n) is 6.23. The highest BCUT2D eigenvalue weighted by molar-refractivity contribution is 7.89. The van der Waals surface area contributed by atoms with Crippen LogP contribution >= 0.6 is 0 Å². The van der Waals surface area contributed by atoms with Crippen molar-refractivity contribution in [2.24, 2.45) is 0 Å². The summed E-state index contributed by atoms with van der Waals surface area (Å²) in [7, 11) is -2.19. The summed E-state index contributed by atoms with van der Waals surface area (Å²) in [5.74, 6) is 0.268. The van der Waals surface area contributed by atoms with Gasteiger partial charge in [0.05, 0.1) is 18.6 Å². The number of carbonyl (C=O) groups is 1. The first-order chi connectivity index (χ1) is 9.31. The predicted octanol–water partition coefficient (Wildman–Crippen LogP) is 0.726. The maximum Gasteiger partial charge on any atom is 0.241 e. The number of benzene rings is 1. The van der Waals surface area contributed by atoms with E-state index in [1.165, 1.54) is 13.2 Å². The first kappa shape index (κ1) is 16.5. The molecule has 0 aliphatic heterocycles. The molecule has 0 spiro atoms. The van der Waals surface area contributed by atoms with Crippen molar-refractivity contribution in [2.75, 3.05) is 20.2 Å². The summed E-state index contributed by atoms with van der Waals surface area (Å²) >= 11 is 0. The minimum absolute atomic E-state index is 0.153. The zero-order chi connectivity index (χ0) is 15.3. The molecule has 20 heavy (non-hydrogen) atoms. The predicted molar refractivity (Wildman–Crippen MR) is 76.3 cm³/mol. The monoisotopic (exact) mass is 300 g/mol. The molecule has 0 radical (unpaired) electrons. The molecule has 0 aliphatic rings. The van der Waals surface area contributed by atoms with Gasteiger partial charge >= 0.3 is 0 Å². The van der Waals surface area contributed by atoms with Gasteiger partial charge in [0.15, 0.2) is 0 Å². The van der Waals surface area contributed by atoms with Crippen LogP contribution in [0.1, 0.15) is 18.1 Å². The summed E-state index contributed by atoms with van der Waals surface area (Å²) in [6, 6.07) is 3.20. The molecule has 0 saturated heterocycles. The van der Waals surface area contributed by atoms with Gasteiger partial charge in [0, 0.05) is 6.54 Å². The van der Waals surface area contributed by atoms with Crippen LogP contribution in [-0.2, 0) is 14.8 Å². The van der Waals surface area contributed by atoms with Gasteiger partial charge in [-0.1, -0.05) is 0 Å². The zero-order valence-electron chi connectivity index (χ0n) is 12.1. The van der Waals surface area contributed by atoms with Crippen LogP contribution in [0.15, 0.2) is 17.0 Å². The number of methoxy groups -OCH3 is 1. The van der Waals surface area contributed by atoms with E-state index in [1.54, 1.807) is 26.8 Å². The second-order valence-corrected chi connectivity index (χ2v) is 6.10. The Hall–Kier alpha value is -1.60. The maximum absolute atomic E-state index is 12.2. The standard InChI is InChI=1S/C13H20N2O4S/c1-5-14-13(16)8-15-20(17,18)12-7-9(2)11(19-4)6-10(12)3/h6-7,15H,5,8H2,1-4H3,(H,14,16). The molecule has 0 fully saturated rings. The van der Waals surface area contributed by atoms with E-state index in [9.17, 15) is 13.2 Å². The fourth-order valence-corrected chi connectivity index (χ4v) is 3.06. The van der Waals surface area contributed by atoms with E-state index < -0.39 is 10.0 Å². The molecule has 0 atom stereocenters. The maximum atomic E-state index is 12.2. The van der Waals surface area contributed by atoms with Crippen molar-refractivity contribution in [2.45, 2.75) is 25.7 Å². The van der Waals surface area contributed by atoms with E-state index in [-0.39, 0.29) is 17.3 Å². The summed E-state index contributed by atoms with van der Waals surface area (Å²) in [5, 5.41) is 2.53. The molecule has 6 nitrogen and oxygen atoms in total. The molecule has 0 saturated carbocycles. The lowest BCUT2D eigenvalue weighted by Crippen LogP contribution is -2.37. The van der Waals surface area contributed by atoms with Crippen molar-refractivity contribution in [1.82, 2.24) is 10.0 Å². The van der Waals surface area contributed by atoms with E-state index in [2.05, 4.69) is 10.0 Å². The van der Waals surface area contributed by atoms with Gasteiger partial charge in [-0.05, 0) is 44.0 Å². The lowest BCUT2D eigenvalue weighted by atomic mass is 10.1. The van der Waals surface area contributed by atoms with Crippen LogP contribution in [-0.4, -0.2) is 34.5 Å². The Kier molecular flexibility index (Phi) is 5.52. The largest absolute Gasteiger partial charge is 0.496 e. The number of aryl methyl sites for hydroxylation is 2. The Morgan fingerprint density at radius 1 is 1.25 bits per heavy atom. The molecule has 1 amide bonds. The van der Waals surface area contributed by atoms with E-state index in [4.69, 9.17) is 4.74 Å². The molecular formula is C13H20N2O4S. The molecule has 0 aliphatic carbocycles. The number of carbonyl (C=O) groups excluding carboxylic acids is 1. The normalized spacial score (nSPS) is 11.2. The molecule has 1 aromatic rings. The van der Waals surface area contributed by atoms with Crippen LogP contribution in [0.25, 0.3) is 0 Å². The average Bonchev–Trinajstić information content (AvgIpc) is 2.39. The van der Waals surface area contributed by atoms with Crippen LogP contribution in [0.2, 0.25) is 0 Å².